The van der Waals surface area contributed by atoms with E-state index in [2.05, 4.69) is 39.7 Å². The van der Waals surface area contributed by atoms with E-state index in [1.165, 1.54) is 0 Å². The number of nitrogens with zero attached hydrogens (tertiary/aromatic N) is 2. The monoisotopic (exact) mass is 272 g/mol. The van der Waals surface area contributed by atoms with E-state index in [0.717, 1.165) is 12.1 Å². The zero-order chi connectivity index (χ0) is 11.3. The second-order valence-corrected chi connectivity index (χ2v) is 4.85. The maximum Gasteiger partial charge on any atom is 0.232 e. The first-order chi connectivity index (χ1) is 7.19. The second-order valence-electron chi connectivity index (χ2n) is 3.41. The van der Waals surface area contributed by atoms with Gasteiger partial charge in [-0.1, -0.05) is 29.8 Å². The lowest BCUT2D eigenvalue weighted by molar-refractivity contribution is 0.323. The fourth-order valence-corrected chi connectivity index (χ4v) is 2.17. The molecule has 2 atom stereocenters. The highest BCUT2D eigenvalue weighted by atomic mass is 79.9. The third-order valence-corrected chi connectivity index (χ3v) is 2.94. The summed E-state index contributed by atoms with van der Waals surface area (Å²) in [7, 11) is 0. The van der Waals surface area contributed by atoms with Crippen LogP contribution in [0.5, 0.6) is 5.88 Å². The summed E-state index contributed by atoms with van der Waals surface area (Å²) in [6, 6.07) is 0. The molecule has 0 saturated carbocycles. The quantitative estimate of drug-likeness (QED) is 0.773. The van der Waals surface area contributed by atoms with Gasteiger partial charge in [0.25, 0.3) is 0 Å². The van der Waals surface area contributed by atoms with Crippen LogP contribution in [0, 0.1) is 0 Å². The van der Waals surface area contributed by atoms with E-state index in [1.807, 2.05) is 13.1 Å². The fourth-order valence-electron chi connectivity index (χ4n) is 1.53. The van der Waals surface area contributed by atoms with Gasteiger partial charge in [-0.2, -0.15) is 0 Å². The van der Waals surface area contributed by atoms with Gasteiger partial charge in [0.05, 0.1) is 18.5 Å². The van der Waals surface area contributed by atoms with Crippen molar-refractivity contribution in [2.45, 2.75) is 37.9 Å². The number of rotatable bonds is 5. The van der Waals surface area contributed by atoms with E-state index in [0.29, 0.717) is 23.2 Å². The molecule has 0 aliphatic rings. The zero-order valence-electron chi connectivity index (χ0n) is 9.40. The second kappa shape index (κ2) is 6.05. The average Bonchev–Trinajstić information content (AvgIpc) is 2.19. The molecule has 1 aromatic rings. The lowest BCUT2D eigenvalue weighted by Gasteiger charge is -2.16. The molecule has 0 saturated heterocycles. The van der Waals surface area contributed by atoms with Crippen molar-refractivity contribution in [3.8, 4) is 5.88 Å². The molecule has 1 rings (SSSR count). The predicted octanol–water partition coefficient (Wildman–Crippen LogP) is 3.15. The number of halogens is 1. The van der Waals surface area contributed by atoms with Gasteiger partial charge < -0.3 is 4.74 Å². The van der Waals surface area contributed by atoms with Gasteiger partial charge >= 0.3 is 0 Å². The van der Waals surface area contributed by atoms with Gasteiger partial charge in [-0.3, -0.25) is 4.98 Å². The number of alkyl halides is 1. The van der Waals surface area contributed by atoms with Crippen molar-refractivity contribution >= 4 is 15.9 Å². The molecule has 1 aromatic heterocycles. The molecular weight excluding hydrogens is 256 g/mol. The van der Waals surface area contributed by atoms with E-state index in [1.54, 1.807) is 6.20 Å². The molecule has 0 N–H and O–H groups in total. The highest BCUT2D eigenvalue weighted by Gasteiger charge is 2.17. The van der Waals surface area contributed by atoms with Crippen LogP contribution in [0.3, 0.4) is 0 Å². The minimum absolute atomic E-state index is 0.387. The van der Waals surface area contributed by atoms with Gasteiger partial charge in [0.1, 0.15) is 0 Å². The SMILES string of the molecule is CCOc1cncc(C(CC)C(C)Br)n1. The largest absolute Gasteiger partial charge is 0.477 e. The van der Waals surface area contributed by atoms with Gasteiger partial charge in [-0.25, -0.2) is 4.98 Å². The Morgan fingerprint density at radius 1 is 1.40 bits per heavy atom. The summed E-state index contributed by atoms with van der Waals surface area (Å²) >= 11 is 3.59. The highest BCUT2D eigenvalue weighted by Crippen LogP contribution is 2.26. The van der Waals surface area contributed by atoms with Crippen LogP contribution in [0.4, 0.5) is 0 Å². The molecule has 84 valence electrons. The van der Waals surface area contributed by atoms with E-state index < -0.39 is 0 Å². The molecule has 0 fully saturated rings. The summed E-state index contributed by atoms with van der Waals surface area (Å²) in [5.41, 5.74) is 0.993. The van der Waals surface area contributed by atoms with E-state index in [-0.39, 0.29) is 0 Å². The molecular formula is C11H17BrN2O. The van der Waals surface area contributed by atoms with Crippen molar-refractivity contribution < 1.29 is 4.74 Å². The normalized spacial score (nSPS) is 14.7. The molecule has 0 spiro atoms. The summed E-state index contributed by atoms with van der Waals surface area (Å²) in [6.07, 6.45) is 4.50. The molecule has 0 aliphatic heterocycles. The Bertz CT molecular complexity index is 304. The van der Waals surface area contributed by atoms with Crippen molar-refractivity contribution in [1.29, 1.82) is 0 Å². The van der Waals surface area contributed by atoms with Crippen molar-refractivity contribution in [3.63, 3.8) is 0 Å². The minimum atomic E-state index is 0.387. The van der Waals surface area contributed by atoms with Crippen LogP contribution in [-0.2, 0) is 0 Å². The van der Waals surface area contributed by atoms with Crippen LogP contribution < -0.4 is 4.74 Å². The van der Waals surface area contributed by atoms with Crippen LogP contribution in [0.25, 0.3) is 0 Å². The first-order valence-electron chi connectivity index (χ1n) is 5.27. The molecule has 0 radical (unpaired) electrons. The molecule has 3 nitrogen and oxygen atoms in total. The van der Waals surface area contributed by atoms with E-state index >= 15 is 0 Å². The van der Waals surface area contributed by atoms with Gasteiger partial charge in [0, 0.05) is 16.9 Å². The Morgan fingerprint density at radius 2 is 2.13 bits per heavy atom. The maximum absolute atomic E-state index is 5.33. The summed E-state index contributed by atoms with van der Waals surface area (Å²) in [6.45, 7) is 6.85. The number of ether oxygens (including phenoxy) is 1. The lowest BCUT2D eigenvalue weighted by atomic mass is 10.00. The Morgan fingerprint density at radius 3 is 2.67 bits per heavy atom. The summed E-state index contributed by atoms with van der Waals surface area (Å²) in [5, 5.41) is 0. The number of hydrogen-bond donors (Lipinski definition) is 0. The molecule has 2 unspecified atom stereocenters. The number of hydrogen-bond acceptors (Lipinski definition) is 3. The topological polar surface area (TPSA) is 35.0 Å². The van der Waals surface area contributed by atoms with Crippen molar-refractivity contribution in [3.05, 3.63) is 18.1 Å². The Balaban J connectivity index is 2.87. The zero-order valence-corrected chi connectivity index (χ0v) is 11.0. The molecule has 0 amide bonds. The van der Waals surface area contributed by atoms with Crippen molar-refractivity contribution in [2.75, 3.05) is 6.61 Å². The smallest absolute Gasteiger partial charge is 0.232 e. The Kier molecular flexibility index (Phi) is 5.02. The van der Waals surface area contributed by atoms with Crippen LogP contribution in [0.2, 0.25) is 0 Å². The fraction of sp³-hybridized carbons (Fsp3) is 0.636. The molecule has 0 aromatic carbocycles. The standard InChI is InChI=1S/C11H17BrN2O/c1-4-9(8(3)12)10-6-13-7-11(14-10)15-5-2/h6-9H,4-5H2,1-3H3. The van der Waals surface area contributed by atoms with Crippen LogP contribution >= 0.6 is 15.9 Å². The van der Waals surface area contributed by atoms with Crippen molar-refractivity contribution in [1.82, 2.24) is 9.97 Å². The van der Waals surface area contributed by atoms with Crippen LogP contribution in [-0.4, -0.2) is 21.4 Å². The van der Waals surface area contributed by atoms with E-state index in [4.69, 9.17) is 4.74 Å². The van der Waals surface area contributed by atoms with Crippen LogP contribution in [0.15, 0.2) is 12.4 Å². The maximum atomic E-state index is 5.33. The van der Waals surface area contributed by atoms with Gasteiger partial charge in [-0.15, -0.1) is 0 Å². The third kappa shape index (κ3) is 3.45. The average molecular weight is 273 g/mol. The van der Waals surface area contributed by atoms with E-state index in [9.17, 15) is 0 Å². The molecule has 1 heterocycles. The Labute approximate surface area is 99.4 Å². The first-order valence-corrected chi connectivity index (χ1v) is 6.19. The Hall–Kier alpha value is -0.640. The first kappa shape index (κ1) is 12.4. The highest BCUT2D eigenvalue weighted by molar-refractivity contribution is 9.09. The van der Waals surface area contributed by atoms with Crippen molar-refractivity contribution in [2.24, 2.45) is 0 Å². The minimum Gasteiger partial charge on any atom is -0.477 e. The lowest BCUT2D eigenvalue weighted by Crippen LogP contribution is -2.11. The van der Waals surface area contributed by atoms with Crippen LogP contribution in [0.1, 0.15) is 38.8 Å². The number of aromatic nitrogens is 2. The molecule has 15 heavy (non-hydrogen) atoms. The molecule has 0 aliphatic carbocycles. The third-order valence-electron chi connectivity index (χ3n) is 2.30. The summed E-state index contributed by atoms with van der Waals surface area (Å²) in [4.78, 5) is 8.98. The summed E-state index contributed by atoms with van der Waals surface area (Å²) < 4.78 is 5.33. The van der Waals surface area contributed by atoms with Gasteiger partial charge in [0.15, 0.2) is 0 Å². The molecule has 4 heteroatoms. The van der Waals surface area contributed by atoms with Gasteiger partial charge in [-0.05, 0) is 13.3 Å². The predicted molar refractivity (Wildman–Crippen MR) is 64.6 cm³/mol. The molecule has 0 bridgehead atoms. The summed E-state index contributed by atoms with van der Waals surface area (Å²) in [5.74, 6) is 1.000. The van der Waals surface area contributed by atoms with Gasteiger partial charge in [0.2, 0.25) is 5.88 Å².